The number of carboxylic acid groups (broad SMARTS) is 1. The zero-order valence-electron chi connectivity index (χ0n) is 13.8. The second-order valence-electron chi connectivity index (χ2n) is 6.10. The molecular weight excluding hydrogens is 372 g/mol. The third-order valence-corrected chi connectivity index (χ3v) is 4.25. The van der Waals surface area contributed by atoms with Crippen LogP contribution < -0.4 is 0 Å². The van der Waals surface area contributed by atoms with Crippen molar-refractivity contribution in [3.8, 4) is 5.69 Å². The van der Waals surface area contributed by atoms with Crippen LogP contribution in [0.4, 0.5) is 17.6 Å². The molecule has 27 heavy (non-hydrogen) atoms. The summed E-state index contributed by atoms with van der Waals surface area (Å²) >= 11 is 0. The van der Waals surface area contributed by atoms with E-state index < -0.39 is 41.2 Å². The summed E-state index contributed by atoms with van der Waals surface area (Å²) in [6.07, 6.45) is -4.30. The average Bonchev–Trinajstić information content (AvgIpc) is 3.06. The minimum absolute atomic E-state index is 0.118. The molecule has 1 N–H and O–H groups in total. The van der Waals surface area contributed by atoms with E-state index in [2.05, 4.69) is 10.3 Å². The van der Waals surface area contributed by atoms with Gasteiger partial charge in [0.1, 0.15) is 5.82 Å². The van der Waals surface area contributed by atoms with Crippen LogP contribution >= 0.6 is 0 Å². The summed E-state index contributed by atoms with van der Waals surface area (Å²) in [6.45, 7) is -0.0922. The lowest BCUT2D eigenvalue weighted by Crippen LogP contribution is -2.43. The second kappa shape index (κ2) is 6.97. The number of rotatable bonds is 3. The maximum atomic E-state index is 13.6. The molecule has 1 aromatic carbocycles. The van der Waals surface area contributed by atoms with E-state index >= 15 is 0 Å². The molecule has 7 nitrogen and oxygen atoms in total. The molecule has 3 rings (SSSR count). The van der Waals surface area contributed by atoms with Crippen molar-refractivity contribution >= 4 is 11.9 Å². The lowest BCUT2D eigenvalue weighted by molar-refractivity contribution is -0.144. The van der Waals surface area contributed by atoms with Crippen LogP contribution in [0.15, 0.2) is 24.3 Å². The lowest BCUT2D eigenvalue weighted by atomic mass is 9.98. The van der Waals surface area contributed by atoms with Crippen LogP contribution in [-0.4, -0.2) is 50.0 Å². The number of amides is 1. The Morgan fingerprint density at radius 1 is 1.26 bits per heavy atom. The van der Waals surface area contributed by atoms with Gasteiger partial charge in [-0.3, -0.25) is 9.59 Å². The molecule has 11 heteroatoms. The number of hydrogen-bond donors (Lipinski definition) is 1. The Bertz CT molecular complexity index is 881. The monoisotopic (exact) mass is 386 g/mol. The summed E-state index contributed by atoms with van der Waals surface area (Å²) in [5.74, 6) is -3.80. The van der Waals surface area contributed by atoms with Crippen LogP contribution in [0.2, 0.25) is 0 Å². The van der Waals surface area contributed by atoms with Crippen molar-refractivity contribution in [2.75, 3.05) is 13.1 Å². The molecule has 1 aliphatic rings. The highest BCUT2D eigenvalue weighted by atomic mass is 19.4. The summed E-state index contributed by atoms with van der Waals surface area (Å²) < 4.78 is 54.5. The Morgan fingerprint density at radius 2 is 2.00 bits per heavy atom. The molecule has 1 unspecified atom stereocenters. The van der Waals surface area contributed by atoms with Gasteiger partial charge in [0.05, 0.1) is 11.6 Å². The minimum Gasteiger partial charge on any atom is -0.481 e. The van der Waals surface area contributed by atoms with Crippen molar-refractivity contribution in [3.05, 3.63) is 41.5 Å². The predicted molar refractivity (Wildman–Crippen MR) is 82.6 cm³/mol. The van der Waals surface area contributed by atoms with E-state index in [1.54, 1.807) is 0 Å². The molecule has 1 amide bonds. The van der Waals surface area contributed by atoms with E-state index in [4.69, 9.17) is 5.11 Å². The van der Waals surface area contributed by atoms with Crippen molar-refractivity contribution < 1.29 is 32.3 Å². The summed E-state index contributed by atoms with van der Waals surface area (Å²) in [5.41, 5.74) is -2.62. The van der Waals surface area contributed by atoms with Crippen LogP contribution in [0.3, 0.4) is 0 Å². The Kier molecular flexibility index (Phi) is 4.85. The number of carboxylic acids is 1. The Balaban J connectivity index is 2.01. The molecule has 1 fully saturated rings. The fourth-order valence-electron chi connectivity index (χ4n) is 2.98. The van der Waals surface area contributed by atoms with Gasteiger partial charge in [0, 0.05) is 13.1 Å². The molecule has 1 atom stereocenters. The van der Waals surface area contributed by atoms with Crippen molar-refractivity contribution in [2.45, 2.75) is 19.0 Å². The average molecular weight is 386 g/mol. The second-order valence-corrected chi connectivity index (χ2v) is 6.10. The SMILES string of the molecule is O=C(O)C1CCCN(C(=O)c2nnn(-c3cccc(F)c3)c2C(F)(F)F)C1. The first-order valence-electron chi connectivity index (χ1n) is 7.99. The third kappa shape index (κ3) is 3.76. The van der Waals surface area contributed by atoms with Crippen LogP contribution in [0.25, 0.3) is 5.69 Å². The molecular formula is C16H14F4N4O3. The molecule has 1 saturated heterocycles. The van der Waals surface area contributed by atoms with Crippen LogP contribution in [0, 0.1) is 11.7 Å². The number of aromatic nitrogens is 3. The van der Waals surface area contributed by atoms with E-state index in [1.807, 2.05) is 0 Å². The number of aliphatic carboxylic acids is 1. The maximum Gasteiger partial charge on any atom is 0.435 e. The molecule has 0 aliphatic carbocycles. The van der Waals surface area contributed by atoms with E-state index in [0.717, 1.165) is 17.0 Å². The molecule has 2 heterocycles. The van der Waals surface area contributed by atoms with Gasteiger partial charge in [-0.05, 0) is 31.0 Å². The number of nitrogens with zero attached hydrogens (tertiary/aromatic N) is 4. The molecule has 0 saturated carbocycles. The molecule has 0 bridgehead atoms. The number of piperidine rings is 1. The van der Waals surface area contributed by atoms with Crippen molar-refractivity contribution in [2.24, 2.45) is 5.92 Å². The van der Waals surface area contributed by atoms with Gasteiger partial charge < -0.3 is 10.0 Å². The minimum atomic E-state index is -4.98. The quantitative estimate of drug-likeness (QED) is 0.819. The van der Waals surface area contributed by atoms with Gasteiger partial charge in [-0.25, -0.2) is 9.07 Å². The van der Waals surface area contributed by atoms with E-state index in [9.17, 15) is 27.2 Å². The Morgan fingerprint density at radius 3 is 2.63 bits per heavy atom. The highest BCUT2D eigenvalue weighted by Crippen LogP contribution is 2.33. The summed E-state index contributed by atoms with van der Waals surface area (Å²) in [6, 6.07) is 4.29. The normalized spacial score (nSPS) is 17.8. The van der Waals surface area contributed by atoms with Crippen molar-refractivity contribution in [1.82, 2.24) is 19.9 Å². The first-order valence-corrected chi connectivity index (χ1v) is 7.99. The lowest BCUT2D eigenvalue weighted by Gasteiger charge is -2.30. The zero-order valence-corrected chi connectivity index (χ0v) is 13.8. The van der Waals surface area contributed by atoms with Gasteiger partial charge in [0.25, 0.3) is 5.91 Å². The predicted octanol–water partition coefficient (Wildman–Crippen LogP) is 2.36. The molecule has 0 spiro atoms. The van der Waals surface area contributed by atoms with Gasteiger partial charge in [-0.1, -0.05) is 11.3 Å². The van der Waals surface area contributed by atoms with Gasteiger partial charge in [0.2, 0.25) is 0 Å². The van der Waals surface area contributed by atoms with Gasteiger partial charge in [0.15, 0.2) is 11.4 Å². The van der Waals surface area contributed by atoms with E-state index in [-0.39, 0.29) is 18.8 Å². The molecule has 1 aliphatic heterocycles. The van der Waals surface area contributed by atoms with E-state index in [0.29, 0.717) is 17.5 Å². The zero-order chi connectivity index (χ0) is 19.8. The number of hydrogen-bond acceptors (Lipinski definition) is 4. The van der Waals surface area contributed by atoms with Gasteiger partial charge in [-0.2, -0.15) is 13.2 Å². The van der Waals surface area contributed by atoms with Crippen LogP contribution in [-0.2, 0) is 11.0 Å². The van der Waals surface area contributed by atoms with Crippen LogP contribution in [0.1, 0.15) is 29.0 Å². The largest absolute Gasteiger partial charge is 0.481 e. The fourth-order valence-corrected chi connectivity index (χ4v) is 2.98. The van der Waals surface area contributed by atoms with Gasteiger partial charge >= 0.3 is 12.1 Å². The molecule has 0 radical (unpaired) electrons. The Labute approximate surface area is 150 Å². The van der Waals surface area contributed by atoms with Crippen molar-refractivity contribution in [1.29, 1.82) is 0 Å². The van der Waals surface area contributed by atoms with Gasteiger partial charge in [-0.15, -0.1) is 5.10 Å². The number of carbonyl (C=O) groups is 2. The highest BCUT2D eigenvalue weighted by Gasteiger charge is 2.43. The maximum absolute atomic E-state index is 13.6. The number of halogens is 4. The topological polar surface area (TPSA) is 88.3 Å². The number of likely N-dealkylation sites (tertiary alicyclic amines) is 1. The third-order valence-electron chi connectivity index (χ3n) is 4.25. The standard InChI is InChI=1S/C16H14F4N4O3/c17-10-4-1-5-11(7-10)24-13(16(18,19)20)12(21-22-24)14(25)23-6-2-3-9(8-23)15(26)27/h1,4-5,7,9H,2-3,6,8H2,(H,26,27). The van der Waals surface area contributed by atoms with E-state index in [1.165, 1.54) is 12.1 Å². The summed E-state index contributed by atoms with van der Waals surface area (Å²) in [4.78, 5) is 24.7. The first kappa shape index (κ1) is 18.8. The summed E-state index contributed by atoms with van der Waals surface area (Å²) in [7, 11) is 0. The number of benzene rings is 1. The molecule has 144 valence electrons. The fraction of sp³-hybridized carbons (Fsp3) is 0.375. The highest BCUT2D eigenvalue weighted by molar-refractivity contribution is 5.94. The van der Waals surface area contributed by atoms with Crippen LogP contribution in [0.5, 0.6) is 0 Å². The van der Waals surface area contributed by atoms with Crippen molar-refractivity contribution in [3.63, 3.8) is 0 Å². The first-order chi connectivity index (χ1) is 12.7. The number of carbonyl (C=O) groups excluding carboxylic acids is 1. The smallest absolute Gasteiger partial charge is 0.435 e. The summed E-state index contributed by atoms with van der Waals surface area (Å²) in [5, 5.41) is 15.8. The molecule has 1 aromatic heterocycles. The Hall–Kier alpha value is -2.98. The number of alkyl halides is 3. The molecule has 2 aromatic rings.